The zero-order valence-electron chi connectivity index (χ0n) is 16.8. The van der Waals surface area contributed by atoms with Crippen LogP contribution in [-0.4, -0.2) is 12.6 Å². The molecule has 0 atom stereocenters. The number of hydrogen-bond acceptors (Lipinski definition) is 2. The largest absolute Gasteiger partial charge is 0.462 e. The van der Waals surface area contributed by atoms with Gasteiger partial charge in [-0.1, -0.05) is 102 Å². The van der Waals surface area contributed by atoms with Gasteiger partial charge in [0.2, 0.25) is 0 Å². The number of carbonyl (C=O) groups excluding carboxylic acids is 1. The summed E-state index contributed by atoms with van der Waals surface area (Å²) in [5.74, 6) is -0.222. The first-order valence-electron chi connectivity index (χ1n) is 10.3. The van der Waals surface area contributed by atoms with E-state index in [2.05, 4.69) is 13.5 Å². The second-order valence-corrected chi connectivity index (χ2v) is 6.98. The monoisotopic (exact) mass is 356 g/mol. The van der Waals surface area contributed by atoms with Crippen molar-refractivity contribution in [1.29, 1.82) is 0 Å². The van der Waals surface area contributed by atoms with Gasteiger partial charge in [0.05, 0.1) is 6.61 Å². The van der Waals surface area contributed by atoms with Crippen LogP contribution in [0.5, 0.6) is 0 Å². The molecule has 0 aromatic heterocycles. The van der Waals surface area contributed by atoms with Gasteiger partial charge in [0.25, 0.3) is 0 Å². The van der Waals surface area contributed by atoms with Crippen molar-refractivity contribution in [1.82, 2.24) is 0 Å². The summed E-state index contributed by atoms with van der Waals surface area (Å²) in [4.78, 5) is 12.1. The minimum atomic E-state index is -0.222. The smallest absolute Gasteiger partial charge is 0.333 e. The highest BCUT2D eigenvalue weighted by molar-refractivity contribution is 5.93. The van der Waals surface area contributed by atoms with Crippen molar-refractivity contribution in [2.45, 2.75) is 78.1 Å². The van der Waals surface area contributed by atoms with Gasteiger partial charge in [0, 0.05) is 5.57 Å². The number of hydrogen-bond donors (Lipinski definition) is 0. The van der Waals surface area contributed by atoms with E-state index in [1.165, 1.54) is 51.4 Å². The minimum Gasteiger partial charge on any atom is -0.462 e. The maximum absolute atomic E-state index is 12.1. The van der Waals surface area contributed by atoms with Crippen molar-refractivity contribution in [3.05, 3.63) is 47.5 Å². The average molecular weight is 357 g/mol. The summed E-state index contributed by atoms with van der Waals surface area (Å²) in [5.41, 5.74) is 2.65. The summed E-state index contributed by atoms with van der Waals surface area (Å²) in [5, 5.41) is 0. The van der Waals surface area contributed by atoms with Gasteiger partial charge in [-0.3, -0.25) is 0 Å². The van der Waals surface area contributed by atoms with E-state index in [0.717, 1.165) is 24.0 Å². The SMILES string of the molecule is C=Cc1ccccc1/C=C(\C)C(=O)OCCCCCCCCCCCC. The third-order valence-corrected chi connectivity index (χ3v) is 4.64. The summed E-state index contributed by atoms with van der Waals surface area (Å²) < 4.78 is 5.39. The van der Waals surface area contributed by atoms with Crippen LogP contribution in [0, 0.1) is 0 Å². The molecule has 0 unspecified atom stereocenters. The Kier molecular flexibility index (Phi) is 12.3. The Morgan fingerprint density at radius 3 is 2.04 bits per heavy atom. The molecule has 1 aromatic rings. The standard InChI is InChI=1S/C24H36O2/c1-4-6-7-8-9-10-11-12-13-16-19-26-24(25)21(3)20-23-18-15-14-17-22(23)5-2/h5,14-15,17-18,20H,2,4,6-13,16,19H2,1,3H3/b21-20+. The molecule has 144 valence electrons. The van der Waals surface area contributed by atoms with E-state index in [0.29, 0.717) is 12.2 Å². The third-order valence-electron chi connectivity index (χ3n) is 4.64. The molecule has 0 aliphatic rings. The van der Waals surface area contributed by atoms with Crippen LogP contribution in [-0.2, 0) is 9.53 Å². The second kappa shape index (κ2) is 14.4. The lowest BCUT2D eigenvalue weighted by Crippen LogP contribution is -2.07. The summed E-state index contributed by atoms with van der Waals surface area (Å²) in [6.45, 7) is 8.39. The zero-order valence-corrected chi connectivity index (χ0v) is 16.8. The molecule has 0 saturated heterocycles. The topological polar surface area (TPSA) is 26.3 Å². The van der Waals surface area contributed by atoms with Crippen LogP contribution in [0.25, 0.3) is 12.2 Å². The number of carbonyl (C=O) groups is 1. The maximum Gasteiger partial charge on any atom is 0.333 e. The normalized spacial score (nSPS) is 11.4. The van der Waals surface area contributed by atoms with Crippen molar-refractivity contribution >= 4 is 18.1 Å². The predicted octanol–water partition coefficient (Wildman–Crippen LogP) is 7.20. The molecule has 0 amide bonds. The van der Waals surface area contributed by atoms with Crippen molar-refractivity contribution in [2.24, 2.45) is 0 Å². The van der Waals surface area contributed by atoms with Gasteiger partial charge in [-0.2, -0.15) is 0 Å². The van der Waals surface area contributed by atoms with Crippen LogP contribution in [0.1, 0.15) is 89.2 Å². The van der Waals surface area contributed by atoms with Gasteiger partial charge in [-0.05, 0) is 30.5 Å². The molecule has 0 N–H and O–H groups in total. The Labute approximate surface area is 160 Å². The molecule has 0 saturated carbocycles. The summed E-state index contributed by atoms with van der Waals surface area (Å²) in [6.07, 6.45) is 16.5. The highest BCUT2D eigenvalue weighted by Gasteiger charge is 2.06. The molecule has 0 aliphatic carbocycles. The molecule has 0 aliphatic heterocycles. The van der Waals surface area contributed by atoms with Crippen LogP contribution in [0.2, 0.25) is 0 Å². The molecule has 1 rings (SSSR count). The van der Waals surface area contributed by atoms with Crippen molar-refractivity contribution in [3.63, 3.8) is 0 Å². The van der Waals surface area contributed by atoms with Gasteiger partial charge < -0.3 is 4.74 Å². The summed E-state index contributed by atoms with van der Waals surface area (Å²) in [6, 6.07) is 7.89. The molecule has 0 spiro atoms. The number of esters is 1. The molecule has 2 heteroatoms. The molecule has 0 heterocycles. The van der Waals surface area contributed by atoms with Gasteiger partial charge in [0.1, 0.15) is 0 Å². The van der Waals surface area contributed by atoms with E-state index in [9.17, 15) is 4.79 Å². The molecule has 26 heavy (non-hydrogen) atoms. The molecule has 1 aromatic carbocycles. The average Bonchev–Trinajstić information content (AvgIpc) is 2.66. The Morgan fingerprint density at radius 1 is 0.923 bits per heavy atom. The number of unbranched alkanes of at least 4 members (excludes halogenated alkanes) is 9. The Morgan fingerprint density at radius 2 is 1.46 bits per heavy atom. The molecular formula is C24H36O2. The number of benzene rings is 1. The predicted molar refractivity (Wildman–Crippen MR) is 113 cm³/mol. The molecule has 0 fully saturated rings. The lowest BCUT2D eigenvalue weighted by Gasteiger charge is -2.06. The van der Waals surface area contributed by atoms with E-state index < -0.39 is 0 Å². The van der Waals surface area contributed by atoms with Crippen molar-refractivity contribution in [2.75, 3.05) is 6.61 Å². The minimum absolute atomic E-state index is 0.222. The first-order valence-corrected chi connectivity index (χ1v) is 10.3. The molecule has 2 nitrogen and oxygen atoms in total. The van der Waals surface area contributed by atoms with Gasteiger partial charge in [0.15, 0.2) is 0 Å². The first-order chi connectivity index (χ1) is 12.7. The van der Waals surface area contributed by atoms with E-state index in [1.54, 1.807) is 13.0 Å². The van der Waals surface area contributed by atoms with Crippen molar-refractivity contribution in [3.8, 4) is 0 Å². The maximum atomic E-state index is 12.1. The zero-order chi connectivity index (χ0) is 19.0. The van der Waals surface area contributed by atoms with E-state index in [1.807, 2.05) is 30.3 Å². The fourth-order valence-corrected chi connectivity index (χ4v) is 2.99. The summed E-state index contributed by atoms with van der Waals surface area (Å²) in [7, 11) is 0. The van der Waals surface area contributed by atoms with Crippen LogP contribution >= 0.6 is 0 Å². The van der Waals surface area contributed by atoms with E-state index >= 15 is 0 Å². The van der Waals surface area contributed by atoms with Gasteiger partial charge in [-0.15, -0.1) is 0 Å². The van der Waals surface area contributed by atoms with Crippen molar-refractivity contribution < 1.29 is 9.53 Å². The number of ether oxygens (including phenoxy) is 1. The fourth-order valence-electron chi connectivity index (χ4n) is 2.99. The Bertz CT molecular complexity index is 557. The molecule has 0 bridgehead atoms. The van der Waals surface area contributed by atoms with Gasteiger partial charge in [-0.25, -0.2) is 4.79 Å². The number of rotatable bonds is 14. The van der Waals surface area contributed by atoms with Gasteiger partial charge >= 0.3 is 5.97 Å². The van der Waals surface area contributed by atoms with Crippen LogP contribution < -0.4 is 0 Å². The Hall–Kier alpha value is -1.83. The summed E-state index contributed by atoms with van der Waals surface area (Å²) >= 11 is 0. The lowest BCUT2D eigenvalue weighted by atomic mass is 10.1. The van der Waals surface area contributed by atoms with Crippen LogP contribution in [0.4, 0.5) is 0 Å². The fraction of sp³-hybridized carbons (Fsp3) is 0.542. The van der Waals surface area contributed by atoms with E-state index in [-0.39, 0.29) is 5.97 Å². The Balaban J connectivity index is 2.14. The van der Waals surface area contributed by atoms with Crippen LogP contribution in [0.3, 0.4) is 0 Å². The van der Waals surface area contributed by atoms with Crippen LogP contribution in [0.15, 0.2) is 36.4 Å². The first kappa shape index (κ1) is 22.2. The highest BCUT2D eigenvalue weighted by atomic mass is 16.5. The third kappa shape index (κ3) is 9.60. The quantitative estimate of drug-likeness (QED) is 0.200. The second-order valence-electron chi connectivity index (χ2n) is 6.98. The van der Waals surface area contributed by atoms with E-state index in [4.69, 9.17) is 4.74 Å². The molecule has 0 radical (unpaired) electrons. The molecular weight excluding hydrogens is 320 g/mol. The lowest BCUT2D eigenvalue weighted by molar-refractivity contribution is -0.139. The highest BCUT2D eigenvalue weighted by Crippen LogP contribution is 2.15.